The maximum atomic E-state index is 13.7. The van der Waals surface area contributed by atoms with E-state index in [0.29, 0.717) is 32.2 Å². The number of likely N-dealkylation sites (tertiary alicyclic amines) is 1. The smallest absolute Gasteiger partial charge is 0.416 e. The lowest BCUT2D eigenvalue weighted by Gasteiger charge is -2.17. The molecule has 0 radical (unpaired) electrons. The van der Waals surface area contributed by atoms with Gasteiger partial charge in [-0.25, -0.2) is 4.79 Å². The fourth-order valence-electron chi connectivity index (χ4n) is 4.36. The fourth-order valence-corrected chi connectivity index (χ4v) is 4.36. The van der Waals surface area contributed by atoms with E-state index in [1.165, 1.54) is 16.5 Å². The van der Waals surface area contributed by atoms with Crippen LogP contribution in [0.5, 0.6) is 0 Å². The maximum absolute atomic E-state index is 13.7. The second-order valence-corrected chi connectivity index (χ2v) is 8.07. The Morgan fingerprint density at radius 3 is 2.77 bits per heavy atom. The molecule has 1 N–H and O–H groups in total. The summed E-state index contributed by atoms with van der Waals surface area (Å²) < 4.78 is 46.5. The molecular weight excluding hydrogens is 411 g/mol. The number of aryl methyl sites for hydroxylation is 1. The highest BCUT2D eigenvalue weighted by Gasteiger charge is 2.36. The molecule has 1 aromatic carbocycles. The van der Waals surface area contributed by atoms with Crippen LogP contribution in [0.1, 0.15) is 68.0 Å². The number of hydrogen-bond donors (Lipinski definition) is 1. The molecule has 1 aromatic heterocycles. The van der Waals surface area contributed by atoms with E-state index < -0.39 is 23.9 Å². The summed E-state index contributed by atoms with van der Waals surface area (Å²) in [4.78, 5) is 16.8. The van der Waals surface area contributed by atoms with Crippen molar-refractivity contribution in [3.63, 3.8) is 0 Å². The first-order valence-electron chi connectivity index (χ1n) is 10.5. The number of hydrogen-bond acceptors (Lipinski definition) is 4. The first-order chi connectivity index (χ1) is 14.8. The molecule has 1 saturated heterocycles. The van der Waals surface area contributed by atoms with Crippen LogP contribution >= 0.6 is 0 Å². The third-order valence-electron chi connectivity index (χ3n) is 6.00. The Morgan fingerprint density at radius 1 is 1.23 bits per heavy atom. The van der Waals surface area contributed by atoms with Crippen LogP contribution in [0.25, 0.3) is 11.4 Å². The van der Waals surface area contributed by atoms with Crippen molar-refractivity contribution in [1.29, 1.82) is 0 Å². The summed E-state index contributed by atoms with van der Waals surface area (Å²) in [7, 11) is 0. The molecule has 31 heavy (non-hydrogen) atoms. The van der Waals surface area contributed by atoms with Gasteiger partial charge < -0.3 is 9.63 Å². The molecule has 4 rings (SSSR count). The third kappa shape index (κ3) is 4.75. The molecule has 1 atom stereocenters. The van der Waals surface area contributed by atoms with E-state index >= 15 is 0 Å². The lowest BCUT2D eigenvalue weighted by Crippen LogP contribution is -2.28. The van der Waals surface area contributed by atoms with Gasteiger partial charge in [0, 0.05) is 12.1 Å². The number of nitrogens with zero attached hydrogens (tertiary/aromatic N) is 3. The van der Waals surface area contributed by atoms with Crippen LogP contribution in [0, 0.1) is 0 Å². The normalized spacial score (nSPS) is 19.5. The minimum absolute atomic E-state index is 0.0271. The van der Waals surface area contributed by atoms with E-state index in [1.54, 1.807) is 6.07 Å². The minimum Gasteiger partial charge on any atom is -0.465 e. The molecule has 2 aromatic rings. The van der Waals surface area contributed by atoms with E-state index in [9.17, 15) is 23.1 Å². The van der Waals surface area contributed by atoms with Crippen molar-refractivity contribution in [2.45, 2.75) is 63.6 Å². The lowest BCUT2D eigenvalue weighted by molar-refractivity contribution is -0.138. The molecule has 1 fully saturated rings. The summed E-state index contributed by atoms with van der Waals surface area (Å²) >= 11 is 0. The summed E-state index contributed by atoms with van der Waals surface area (Å²) in [6.45, 7) is 0.362. The van der Waals surface area contributed by atoms with Crippen LogP contribution in [0.2, 0.25) is 0 Å². The highest BCUT2D eigenvalue weighted by Crippen LogP contribution is 2.37. The minimum atomic E-state index is -4.50. The first kappa shape index (κ1) is 21.4. The number of rotatable bonds is 5. The Labute approximate surface area is 177 Å². The Morgan fingerprint density at radius 2 is 2.06 bits per heavy atom. The van der Waals surface area contributed by atoms with E-state index in [-0.39, 0.29) is 22.8 Å². The summed E-state index contributed by atoms with van der Waals surface area (Å²) in [5.41, 5.74) is 0.980. The summed E-state index contributed by atoms with van der Waals surface area (Å²) in [6.07, 6.45) is 2.92. The molecule has 0 bridgehead atoms. The molecular formula is C22H24F3N3O3. The topological polar surface area (TPSA) is 79.5 Å². The van der Waals surface area contributed by atoms with E-state index in [0.717, 1.165) is 31.7 Å². The van der Waals surface area contributed by atoms with Gasteiger partial charge in [-0.1, -0.05) is 28.9 Å². The van der Waals surface area contributed by atoms with Gasteiger partial charge in [0.1, 0.15) is 6.04 Å². The summed E-state index contributed by atoms with van der Waals surface area (Å²) in [5.74, 6) is 0.135. The molecule has 1 aliphatic carbocycles. The fraction of sp³-hybridized carbons (Fsp3) is 0.500. The summed E-state index contributed by atoms with van der Waals surface area (Å²) in [6, 6.07) is 3.54. The predicted octanol–water partition coefficient (Wildman–Crippen LogP) is 6.00. The zero-order valence-electron chi connectivity index (χ0n) is 17.0. The second-order valence-electron chi connectivity index (χ2n) is 8.07. The second kappa shape index (κ2) is 8.72. The largest absolute Gasteiger partial charge is 0.465 e. The predicted molar refractivity (Wildman–Crippen MR) is 106 cm³/mol. The van der Waals surface area contributed by atoms with E-state index in [2.05, 4.69) is 16.2 Å². The monoisotopic (exact) mass is 435 g/mol. The number of alkyl halides is 3. The zero-order valence-corrected chi connectivity index (χ0v) is 17.0. The molecule has 0 spiro atoms. The van der Waals surface area contributed by atoms with Crippen LogP contribution in [0.4, 0.5) is 18.0 Å². The summed E-state index contributed by atoms with van der Waals surface area (Å²) in [5, 5.41) is 13.1. The Bertz CT molecular complexity index is 984. The number of allylic oxidation sites excluding steroid dienone is 2. The molecule has 166 valence electrons. The Kier molecular flexibility index (Phi) is 6.02. The molecule has 1 aliphatic heterocycles. The standard InChI is InChI=1S/C22H24F3N3O3/c23-22(24,25)17-13-16(11-10-15(17)9-8-14-5-2-1-3-6-14)19-26-20(31-27-19)18-7-4-12-28(18)21(29)30/h5,10-11,13,18H,1-4,6-9,12H2,(H,29,30). The number of carboxylic acid groups (broad SMARTS) is 1. The number of halogens is 3. The average Bonchev–Trinajstić information content (AvgIpc) is 3.42. The quantitative estimate of drug-likeness (QED) is 0.583. The van der Waals surface area contributed by atoms with Crippen LogP contribution in [0.15, 0.2) is 34.4 Å². The Balaban J connectivity index is 1.57. The van der Waals surface area contributed by atoms with E-state index in [1.807, 2.05) is 0 Å². The third-order valence-corrected chi connectivity index (χ3v) is 6.00. The van der Waals surface area contributed by atoms with Crippen LogP contribution in [-0.4, -0.2) is 32.8 Å². The molecule has 0 saturated carbocycles. The van der Waals surface area contributed by atoms with Gasteiger partial charge in [-0.15, -0.1) is 0 Å². The zero-order chi connectivity index (χ0) is 22.0. The number of aromatic nitrogens is 2. The number of benzene rings is 1. The Hall–Kier alpha value is -2.84. The average molecular weight is 435 g/mol. The van der Waals surface area contributed by atoms with Crippen molar-refractivity contribution in [1.82, 2.24) is 15.0 Å². The van der Waals surface area contributed by atoms with Gasteiger partial charge in [-0.2, -0.15) is 18.2 Å². The van der Waals surface area contributed by atoms with Crippen molar-refractivity contribution < 1.29 is 27.6 Å². The molecule has 2 heterocycles. The van der Waals surface area contributed by atoms with Crippen molar-refractivity contribution in [2.24, 2.45) is 0 Å². The van der Waals surface area contributed by atoms with Gasteiger partial charge in [0.15, 0.2) is 0 Å². The van der Waals surface area contributed by atoms with Gasteiger partial charge in [0.25, 0.3) is 0 Å². The highest BCUT2D eigenvalue weighted by atomic mass is 19.4. The molecule has 1 unspecified atom stereocenters. The first-order valence-corrected chi connectivity index (χ1v) is 10.5. The van der Waals surface area contributed by atoms with Crippen molar-refractivity contribution in [3.05, 3.63) is 46.9 Å². The van der Waals surface area contributed by atoms with Crippen molar-refractivity contribution in [2.75, 3.05) is 6.54 Å². The molecule has 2 aliphatic rings. The van der Waals surface area contributed by atoms with Gasteiger partial charge in [-0.05, 0) is 63.0 Å². The van der Waals surface area contributed by atoms with E-state index in [4.69, 9.17) is 4.52 Å². The molecule has 9 heteroatoms. The molecule has 6 nitrogen and oxygen atoms in total. The van der Waals surface area contributed by atoms with Crippen LogP contribution in [-0.2, 0) is 12.6 Å². The maximum Gasteiger partial charge on any atom is 0.416 e. The van der Waals surface area contributed by atoms with Gasteiger partial charge in [0.2, 0.25) is 11.7 Å². The van der Waals surface area contributed by atoms with Gasteiger partial charge in [-0.3, -0.25) is 4.90 Å². The number of carbonyl (C=O) groups is 1. The van der Waals surface area contributed by atoms with Gasteiger partial charge in [0.05, 0.1) is 5.56 Å². The van der Waals surface area contributed by atoms with Crippen molar-refractivity contribution in [3.8, 4) is 11.4 Å². The SMILES string of the molecule is O=C(O)N1CCCC1c1nc(-c2ccc(CCC3=CCCCC3)c(C(F)(F)F)c2)no1. The molecule has 1 amide bonds. The van der Waals surface area contributed by atoms with Crippen LogP contribution < -0.4 is 0 Å². The highest BCUT2D eigenvalue weighted by molar-refractivity contribution is 5.66. The van der Waals surface area contributed by atoms with Crippen LogP contribution in [0.3, 0.4) is 0 Å². The lowest BCUT2D eigenvalue weighted by atomic mass is 9.92. The van der Waals surface area contributed by atoms with Gasteiger partial charge >= 0.3 is 12.3 Å². The van der Waals surface area contributed by atoms with Crippen molar-refractivity contribution >= 4 is 6.09 Å². The number of amides is 1.